The number of thioether (sulfide) groups is 1. The number of imidazole rings is 1. The molecule has 0 saturated carbocycles. The zero-order valence-corrected chi connectivity index (χ0v) is 13.8. The molecule has 1 atom stereocenters. The normalized spacial score (nSPS) is 12.8. The number of ether oxygens (including phenoxy) is 1. The highest BCUT2D eigenvalue weighted by molar-refractivity contribution is 7.99. The van der Waals surface area contributed by atoms with E-state index in [9.17, 15) is 0 Å². The van der Waals surface area contributed by atoms with Gasteiger partial charge in [-0.1, -0.05) is 6.92 Å². The number of fused-ring (bicyclic) bond motifs is 1. The first-order valence-electron chi connectivity index (χ1n) is 6.81. The number of halogens is 1. The maximum atomic E-state index is 5.90. The van der Waals surface area contributed by atoms with E-state index in [2.05, 4.69) is 23.8 Å². The highest BCUT2D eigenvalue weighted by Crippen LogP contribution is 2.23. The van der Waals surface area contributed by atoms with Crippen molar-refractivity contribution in [2.24, 2.45) is 0 Å². The van der Waals surface area contributed by atoms with Gasteiger partial charge in [-0.15, -0.1) is 11.6 Å². The summed E-state index contributed by atoms with van der Waals surface area (Å²) in [5, 5.41) is 0.648. The van der Waals surface area contributed by atoms with Gasteiger partial charge in [-0.3, -0.25) is 0 Å². The number of alkyl halides is 1. The molecule has 1 unspecified atom stereocenters. The Morgan fingerprint density at radius 2 is 2.25 bits per heavy atom. The van der Waals surface area contributed by atoms with Crippen LogP contribution in [0.25, 0.3) is 11.0 Å². The molecule has 0 fully saturated rings. The molecule has 0 radical (unpaired) electrons. The van der Waals surface area contributed by atoms with Crippen LogP contribution in [0, 0.1) is 0 Å². The van der Waals surface area contributed by atoms with Gasteiger partial charge < -0.3 is 9.30 Å². The van der Waals surface area contributed by atoms with Gasteiger partial charge in [0.15, 0.2) is 0 Å². The monoisotopic (exact) mass is 312 g/mol. The zero-order valence-electron chi connectivity index (χ0n) is 12.2. The molecule has 1 heterocycles. The summed E-state index contributed by atoms with van der Waals surface area (Å²) in [6.07, 6.45) is 4.08. The fraction of sp³-hybridized carbons (Fsp3) is 0.533. The van der Waals surface area contributed by atoms with Gasteiger partial charge in [0.2, 0.25) is 0 Å². The van der Waals surface area contributed by atoms with Gasteiger partial charge in [0, 0.05) is 30.2 Å². The summed E-state index contributed by atoms with van der Waals surface area (Å²) in [6, 6.07) is 6.06. The van der Waals surface area contributed by atoms with Crippen LogP contribution in [0.2, 0.25) is 0 Å². The molecule has 5 heteroatoms. The van der Waals surface area contributed by atoms with Crippen molar-refractivity contribution in [3.63, 3.8) is 0 Å². The lowest BCUT2D eigenvalue weighted by atomic mass is 10.2. The number of hydrogen-bond acceptors (Lipinski definition) is 3. The molecule has 110 valence electrons. The Hall–Kier alpha value is -0.870. The summed E-state index contributed by atoms with van der Waals surface area (Å²) in [6.45, 7) is 3.24. The van der Waals surface area contributed by atoms with Gasteiger partial charge >= 0.3 is 0 Å². The molecule has 0 amide bonds. The van der Waals surface area contributed by atoms with E-state index >= 15 is 0 Å². The van der Waals surface area contributed by atoms with Crippen LogP contribution in [0.5, 0.6) is 5.75 Å². The Balaban J connectivity index is 2.35. The third kappa shape index (κ3) is 3.41. The first-order chi connectivity index (χ1) is 9.69. The van der Waals surface area contributed by atoms with Crippen molar-refractivity contribution in [2.45, 2.75) is 31.6 Å². The first kappa shape index (κ1) is 15.5. The molecular weight excluding hydrogens is 292 g/mol. The molecule has 1 aromatic carbocycles. The summed E-state index contributed by atoms with van der Waals surface area (Å²) in [4.78, 5) is 4.71. The van der Waals surface area contributed by atoms with Crippen molar-refractivity contribution in [2.75, 3.05) is 19.2 Å². The summed E-state index contributed by atoms with van der Waals surface area (Å²) >= 11 is 7.80. The number of rotatable bonds is 7. The lowest BCUT2D eigenvalue weighted by Gasteiger charge is -2.12. The summed E-state index contributed by atoms with van der Waals surface area (Å²) < 4.78 is 7.56. The van der Waals surface area contributed by atoms with E-state index < -0.39 is 0 Å². The third-order valence-corrected chi connectivity index (χ3v) is 4.74. The Morgan fingerprint density at radius 3 is 2.90 bits per heavy atom. The minimum atomic E-state index is 0.596. The topological polar surface area (TPSA) is 27.1 Å². The van der Waals surface area contributed by atoms with Gasteiger partial charge in [-0.25, -0.2) is 4.98 Å². The van der Waals surface area contributed by atoms with E-state index in [0.29, 0.717) is 11.1 Å². The standard InChI is InChI=1S/C15H21ClN2OS/c1-11(20-3)7-9-18-14-5-4-12(19-2)10-13(14)17-15(18)6-8-16/h4-5,10-11H,6-9H2,1-3H3. The van der Waals surface area contributed by atoms with E-state index in [0.717, 1.165) is 36.5 Å². The molecule has 2 rings (SSSR count). The fourth-order valence-corrected chi connectivity index (χ4v) is 2.75. The van der Waals surface area contributed by atoms with Crippen LogP contribution >= 0.6 is 23.4 Å². The van der Waals surface area contributed by atoms with Crippen LogP contribution in [-0.4, -0.2) is 34.0 Å². The van der Waals surface area contributed by atoms with Gasteiger partial charge in [0.1, 0.15) is 11.6 Å². The molecule has 0 aliphatic carbocycles. The zero-order chi connectivity index (χ0) is 14.5. The molecule has 1 aromatic heterocycles. The highest BCUT2D eigenvalue weighted by atomic mass is 35.5. The summed E-state index contributed by atoms with van der Waals surface area (Å²) in [5.41, 5.74) is 2.15. The number of nitrogens with zero attached hydrogens (tertiary/aromatic N) is 2. The molecule has 0 N–H and O–H groups in total. The fourth-order valence-electron chi connectivity index (χ4n) is 2.24. The van der Waals surface area contributed by atoms with Crippen molar-refractivity contribution in [3.05, 3.63) is 24.0 Å². The molecule has 20 heavy (non-hydrogen) atoms. The van der Waals surface area contributed by atoms with Crippen molar-refractivity contribution < 1.29 is 4.74 Å². The predicted molar refractivity (Wildman–Crippen MR) is 88.3 cm³/mol. The number of methoxy groups -OCH3 is 1. The lowest BCUT2D eigenvalue weighted by Crippen LogP contribution is -2.08. The molecule has 0 aliphatic rings. The number of hydrogen-bond donors (Lipinski definition) is 0. The SMILES string of the molecule is COc1ccc2c(c1)nc(CCCl)n2CCC(C)SC. The molecular formula is C15H21ClN2OS. The molecule has 3 nitrogen and oxygen atoms in total. The van der Waals surface area contributed by atoms with E-state index in [4.69, 9.17) is 21.3 Å². The van der Waals surface area contributed by atoms with Crippen LogP contribution in [0.1, 0.15) is 19.2 Å². The second kappa shape index (κ2) is 7.23. The molecule has 0 bridgehead atoms. The van der Waals surface area contributed by atoms with Crippen LogP contribution in [0.15, 0.2) is 18.2 Å². The Kier molecular flexibility index (Phi) is 5.61. The minimum Gasteiger partial charge on any atom is -0.497 e. The van der Waals surface area contributed by atoms with Gasteiger partial charge in [-0.05, 0) is 24.8 Å². The van der Waals surface area contributed by atoms with Crippen LogP contribution in [0.4, 0.5) is 0 Å². The largest absolute Gasteiger partial charge is 0.497 e. The Labute approximate surface area is 129 Å². The quantitative estimate of drug-likeness (QED) is 0.724. The van der Waals surface area contributed by atoms with Gasteiger partial charge in [0.05, 0.1) is 18.1 Å². The second-order valence-corrected chi connectivity index (χ2v) is 6.46. The molecule has 0 aliphatic heterocycles. The lowest BCUT2D eigenvalue weighted by molar-refractivity contribution is 0.415. The maximum Gasteiger partial charge on any atom is 0.121 e. The summed E-state index contributed by atoms with van der Waals surface area (Å²) in [5.74, 6) is 2.51. The second-order valence-electron chi connectivity index (χ2n) is 4.81. The highest BCUT2D eigenvalue weighted by Gasteiger charge is 2.12. The van der Waals surface area contributed by atoms with Crippen molar-refractivity contribution in [1.29, 1.82) is 0 Å². The average molecular weight is 313 g/mol. The minimum absolute atomic E-state index is 0.596. The van der Waals surface area contributed by atoms with Crippen molar-refractivity contribution in [1.82, 2.24) is 9.55 Å². The third-order valence-electron chi connectivity index (χ3n) is 3.51. The number of aromatic nitrogens is 2. The van der Waals surface area contributed by atoms with E-state index in [1.807, 2.05) is 23.9 Å². The molecule has 2 aromatic rings. The van der Waals surface area contributed by atoms with Gasteiger partial charge in [-0.2, -0.15) is 11.8 Å². The van der Waals surface area contributed by atoms with Crippen molar-refractivity contribution in [3.8, 4) is 5.75 Å². The van der Waals surface area contributed by atoms with Crippen LogP contribution in [-0.2, 0) is 13.0 Å². The van der Waals surface area contributed by atoms with E-state index in [1.165, 1.54) is 5.52 Å². The van der Waals surface area contributed by atoms with E-state index in [1.54, 1.807) is 7.11 Å². The predicted octanol–water partition coefficient (Wildman–Crippen LogP) is 3.97. The summed E-state index contributed by atoms with van der Waals surface area (Å²) in [7, 11) is 1.68. The Bertz CT molecular complexity index is 570. The van der Waals surface area contributed by atoms with Crippen molar-refractivity contribution >= 4 is 34.4 Å². The van der Waals surface area contributed by atoms with Gasteiger partial charge in [0.25, 0.3) is 0 Å². The van der Waals surface area contributed by atoms with Crippen LogP contribution < -0.4 is 4.74 Å². The molecule has 0 spiro atoms. The molecule has 0 saturated heterocycles. The van der Waals surface area contributed by atoms with Crippen LogP contribution in [0.3, 0.4) is 0 Å². The number of benzene rings is 1. The smallest absolute Gasteiger partial charge is 0.121 e. The van der Waals surface area contributed by atoms with E-state index in [-0.39, 0.29) is 0 Å². The Morgan fingerprint density at radius 1 is 1.45 bits per heavy atom. The first-order valence-corrected chi connectivity index (χ1v) is 8.63. The number of aryl methyl sites for hydroxylation is 2. The maximum absolute atomic E-state index is 5.90. The average Bonchev–Trinajstić information content (AvgIpc) is 2.81.